The molecule has 0 aromatic heterocycles. The number of hydrogen-bond donors (Lipinski definition) is 1. The summed E-state index contributed by atoms with van der Waals surface area (Å²) in [6, 6.07) is 4.48. The van der Waals surface area contributed by atoms with Crippen molar-refractivity contribution < 1.29 is 22.7 Å². The Morgan fingerprint density at radius 3 is 2.64 bits per heavy atom. The number of likely N-dealkylation sites (tertiary alicyclic amines) is 1. The van der Waals surface area contributed by atoms with E-state index in [-0.39, 0.29) is 29.0 Å². The van der Waals surface area contributed by atoms with Gasteiger partial charge in [-0.2, -0.15) is 0 Å². The van der Waals surface area contributed by atoms with Gasteiger partial charge < -0.3 is 9.64 Å². The molecule has 2 rings (SSSR count). The molecule has 0 aliphatic carbocycles. The summed E-state index contributed by atoms with van der Waals surface area (Å²) in [6.45, 7) is 7.91. The van der Waals surface area contributed by atoms with Gasteiger partial charge in [0.2, 0.25) is 10.0 Å². The number of sulfonamides is 1. The van der Waals surface area contributed by atoms with E-state index in [9.17, 15) is 18.0 Å². The highest BCUT2D eigenvalue weighted by Gasteiger charge is 2.31. The Balaban J connectivity index is 2.16. The highest BCUT2D eigenvalue weighted by molar-refractivity contribution is 7.89. The van der Waals surface area contributed by atoms with Gasteiger partial charge in [0.25, 0.3) is 5.91 Å². The lowest BCUT2D eigenvalue weighted by molar-refractivity contribution is -0.143. The van der Waals surface area contributed by atoms with Gasteiger partial charge in [-0.15, -0.1) is 0 Å². The summed E-state index contributed by atoms with van der Waals surface area (Å²) in [6.07, 6.45) is 2.96. The van der Waals surface area contributed by atoms with Crippen LogP contribution in [-0.4, -0.2) is 50.4 Å². The Labute approximate surface area is 167 Å². The molecular formula is C20H30N2O5S. The second kappa shape index (κ2) is 9.52. The molecule has 2 atom stereocenters. The smallest absolute Gasteiger partial charge is 0.339 e. The van der Waals surface area contributed by atoms with Gasteiger partial charge in [-0.05, 0) is 57.2 Å². The lowest BCUT2D eigenvalue weighted by Gasteiger charge is -2.36. The zero-order valence-electron chi connectivity index (χ0n) is 17.0. The van der Waals surface area contributed by atoms with Crippen LogP contribution >= 0.6 is 0 Å². The number of nitrogens with one attached hydrogen (secondary N) is 1. The van der Waals surface area contributed by atoms with Crippen molar-refractivity contribution in [3.8, 4) is 0 Å². The predicted molar refractivity (Wildman–Crippen MR) is 107 cm³/mol. The summed E-state index contributed by atoms with van der Waals surface area (Å²) in [5.74, 6) is -0.897. The number of benzene rings is 1. The van der Waals surface area contributed by atoms with Crippen LogP contribution in [-0.2, 0) is 19.6 Å². The van der Waals surface area contributed by atoms with E-state index in [0.717, 1.165) is 25.7 Å². The van der Waals surface area contributed by atoms with Crippen molar-refractivity contribution in [2.75, 3.05) is 13.1 Å². The standard InChI is InChI=1S/C20H30N2O5S/c1-5-16-9-7-8-12-22(16)19(23)15(4)27-20(24)18-13-17(11-10-14(18)3)28(25,26)21-6-2/h10-11,13,15-16,21H,5-9,12H2,1-4H3. The number of nitrogens with zero attached hydrogens (tertiary/aromatic N) is 1. The van der Waals surface area contributed by atoms with Crippen LogP contribution in [0.25, 0.3) is 0 Å². The Morgan fingerprint density at radius 2 is 2.00 bits per heavy atom. The first-order chi connectivity index (χ1) is 13.2. The molecule has 8 heteroatoms. The molecule has 1 heterocycles. The summed E-state index contributed by atoms with van der Waals surface area (Å²) in [7, 11) is -3.69. The molecule has 1 aliphatic rings. The van der Waals surface area contributed by atoms with Crippen LogP contribution in [0.5, 0.6) is 0 Å². The SMILES string of the molecule is CCNS(=O)(=O)c1ccc(C)c(C(=O)OC(C)C(=O)N2CCCCC2CC)c1. The van der Waals surface area contributed by atoms with E-state index in [1.807, 2.05) is 6.92 Å². The molecule has 0 saturated carbocycles. The summed E-state index contributed by atoms with van der Waals surface area (Å²) >= 11 is 0. The molecule has 1 aromatic carbocycles. The van der Waals surface area contributed by atoms with Crippen LogP contribution in [0.4, 0.5) is 0 Å². The molecule has 0 radical (unpaired) electrons. The minimum absolute atomic E-state index is 0.00652. The average Bonchev–Trinajstić information content (AvgIpc) is 2.67. The van der Waals surface area contributed by atoms with Crippen molar-refractivity contribution in [1.29, 1.82) is 0 Å². The van der Waals surface area contributed by atoms with E-state index < -0.39 is 22.1 Å². The van der Waals surface area contributed by atoms with Crippen molar-refractivity contribution in [3.05, 3.63) is 29.3 Å². The van der Waals surface area contributed by atoms with Gasteiger partial charge in [0.1, 0.15) is 0 Å². The van der Waals surface area contributed by atoms with E-state index in [2.05, 4.69) is 4.72 Å². The molecule has 1 aromatic rings. The summed E-state index contributed by atoms with van der Waals surface area (Å²) in [4.78, 5) is 27.2. The van der Waals surface area contributed by atoms with Crippen LogP contribution in [0.1, 0.15) is 62.4 Å². The van der Waals surface area contributed by atoms with E-state index >= 15 is 0 Å². The average molecular weight is 411 g/mol. The molecular weight excluding hydrogens is 380 g/mol. The number of aryl methyl sites for hydroxylation is 1. The van der Waals surface area contributed by atoms with Crippen molar-refractivity contribution in [3.63, 3.8) is 0 Å². The number of rotatable bonds is 7. The number of amides is 1. The van der Waals surface area contributed by atoms with Gasteiger partial charge in [0, 0.05) is 19.1 Å². The maximum absolute atomic E-state index is 12.8. The normalized spacial score (nSPS) is 18.6. The van der Waals surface area contributed by atoms with Crippen LogP contribution in [0.15, 0.2) is 23.1 Å². The number of ether oxygens (including phenoxy) is 1. The number of esters is 1. The molecule has 156 valence electrons. The van der Waals surface area contributed by atoms with Crippen LogP contribution in [0.2, 0.25) is 0 Å². The largest absolute Gasteiger partial charge is 0.449 e. The lowest BCUT2D eigenvalue weighted by Crippen LogP contribution is -2.48. The van der Waals surface area contributed by atoms with Gasteiger partial charge in [-0.3, -0.25) is 4.79 Å². The molecule has 0 bridgehead atoms. The third-order valence-electron chi connectivity index (χ3n) is 5.09. The Hall–Kier alpha value is -1.93. The zero-order valence-corrected chi connectivity index (χ0v) is 17.8. The molecule has 1 saturated heterocycles. The van der Waals surface area contributed by atoms with Crippen LogP contribution in [0, 0.1) is 6.92 Å². The fraction of sp³-hybridized carbons (Fsp3) is 0.600. The maximum Gasteiger partial charge on any atom is 0.339 e. The van der Waals surface area contributed by atoms with E-state index in [1.165, 1.54) is 12.1 Å². The fourth-order valence-electron chi connectivity index (χ4n) is 3.48. The first kappa shape index (κ1) is 22.4. The second-order valence-electron chi connectivity index (χ2n) is 7.12. The summed E-state index contributed by atoms with van der Waals surface area (Å²) in [5.41, 5.74) is 0.730. The van der Waals surface area contributed by atoms with Crippen molar-refractivity contribution >= 4 is 21.9 Å². The zero-order chi connectivity index (χ0) is 20.9. The first-order valence-corrected chi connectivity index (χ1v) is 11.3. The van der Waals surface area contributed by atoms with Gasteiger partial charge >= 0.3 is 5.97 Å². The first-order valence-electron chi connectivity index (χ1n) is 9.83. The maximum atomic E-state index is 12.8. The molecule has 0 spiro atoms. The topological polar surface area (TPSA) is 92.8 Å². The minimum atomic E-state index is -3.69. The van der Waals surface area contributed by atoms with Crippen molar-refractivity contribution in [2.24, 2.45) is 0 Å². The molecule has 1 aliphatic heterocycles. The molecule has 1 fully saturated rings. The van der Waals surface area contributed by atoms with Crippen molar-refractivity contribution in [1.82, 2.24) is 9.62 Å². The number of carbonyl (C=O) groups is 2. The highest BCUT2D eigenvalue weighted by Crippen LogP contribution is 2.22. The van der Waals surface area contributed by atoms with E-state index in [0.29, 0.717) is 12.1 Å². The number of hydrogen-bond acceptors (Lipinski definition) is 5. The minimum Gasteiger partial charge on any atom is -0.449 e. The lowest BCUT2D eigenvalue weighted by atomic mass is 9.99. The number of carbonyl (C=O) groups excluding carboxylic acids is 2. The van der Waals surface area contributed by atoms with Crippen molar-refractivity contribution in [2.45, 2.75) is 70.4 Å². The molecule has 7 nitrogen and oxygen atoms in total. The monoisotopic (exact) mass is 410 g/mol. The van der Waals surface area contributed by atoms with E-state index in [1.54, 1.807) is 31.7 Å². The molecule has 2 unspecified atom stereocenters. The van der Waals surface area contributed by atoms with Gasteiger partial charge in [-0.1, -0.05) is 19.9 Å². The Bertz CT molecular complexity index is 822. The fourth-order valence-corrected chi connectivity index (χ4v) is 4.55. The van der Waals surface area contributed by atoms with Crippen LogP contribution in [0.3, 0.4) is 0 Å². The molecule has 1 N–H and O–H groups in total. The van der Waals surface area contributed by atoms with E-state index in [4.69, 9.17) is 4.74 Å². The third-order valence-corrected chi connectivity index (χ3v) is 6.63. The van der Waals surface area contributed by atoms with Gasteiger partial charge in [0.15, 0.2) is 6.10 Å². The summed E-state index contributed by atoms with van der Waals surface area (Å²) < 4.78 is 32.2. The predicted octanol–water partition coefficient (Wildman–Crippen LogP) is 2.63. The van der Waals surface area contributed by atoms with Gasteiger partial charge in [0.05, 0.1) is 10.5 Å². The molecule has 28 heavy (non-hydrogen) atoms. The molecule has 1 amide bonds. The summed E-state index contributed by atoms with van der Waals surface area (Å²) in [5, 5.41) is 0. The second-order valence-corrected chi connectivity index (χ2v) is 8.88. The quantitative estimate of drug-likeness (QED) is 0.698. The highest BCUT2D eigenvalue weighted by atomic mass is 32.2. The Morgan fingerprint density at radius 1 is 1.29 bits per heavy atom. The van der Waals surface area contributed by atoms with Gasteiger partial charge in [-0.25, -0.2) is 17.9 Å². The van der Waals surface area contributed by atoms with Crippen LogP contribution < -0.4 is 4.72 Å². The third kappa shape index (κ3) is 5.11. The Kier molecular flexibility index (Phi) is 7.60. The number of piperidine rings is 1.